The van der Waals surface area contributed by atoms with Gasteiger partial charge in [0.05, 0.1) is 11.0 Å². The number of nitrogens with zero attached hydrogens (tertiary/aromatic N) is 1. The van der Waals surface area contributed by atoms with Crippen LogP contribution in [0.5, 0.6) is 0 Å². The summed E-state index contributed by atoms with van der Waals surface area (Å²) in [7, 11) is -3.42. The van der Waals surface area contributed by atoms with E-state index in [4.69, 9.17) is 4.74 Å². The van der Waals surface area contributed by atoms with Crippen LogP contribution in [-0.2, 0) is 14.8 Å². The molecular formula is C15H23NO3S. The maximum atomic E-state index is 12.7. The van der Waals surface area contributed by atoms with Gasteiger partial charge in [0.25, 0.3) is 0 Å². The van der Waals surface area contributed by atoms with Gasteiger partial charge in [0.1, 0.15) is 0 Å². The average Bonchev–Trinajstić information content (AvgIpc) is 2.91. The van der Waals surface area contributed by atoms with Crippen LogP contribution in [0.3, 0.4) is 0 Å². The Morgan fingerprint density at radius 2 is 2.05 bits per heavy atom. The summed E-state index contributed by atoms with van der Waals surface area (Å²) in [6.45, 7) is 7.45. The molecule has 1 aliphatic heterocycles. The summed E-state index contributed by atoms with van der Waals surface area (Å²) in [5.74, 6) is 0. The van der Waals surface area contributed by atoms with E-state index in [0.29, 0.717) is 18.0 Å². The largest absolute Gasteiger partial charge is 0.377 e. The fourth-order valence-electron chi connectivity index (χ4n) is 2.44. The molecule has 5 heteroatoms. The molecule has 20 heavy (non-hydrogen) atoms. The quantitative estimate of drug-likeness (QED) is 0.839. The molecule has 1 heterocycles. The van der Waals surface area contributed by atoms with E-state index < -0.39 is 10.0 Å². The van der Waals surface area contributed by atoms with Gasteiger partial charge in [0, 0.05) is 19.7 Å². The maximum Gasteiger partial charge on any atom is 0.243 e. The molecule has 0 bridgehead atoms. The van der Waals surface area contributed by atoms with Crippen LogP contribution in [-0.4, -0.2) is 38.5 Å². The number of hydrogen-bond acceptors (Lipinski definition) is 3. The van der Waals surface area contributed by atoms with Crippen LogP contribution in [0, 0.1) is 13.8 Å². The molecular weight excluding hydrogens is 274 g/mol. The van der Waals surface area contributed by atoms with Crippen LogP contribution < -0.4 is 0 Å². The molecule has 0 aromatic heterocycles. The van der Waals surface area contributed by atoms with Gasteiger partial charge in [0.2, 0.25) is 10.0 Å². The van der Waals surface area contributed by atoms with E-state index in [-0.39, 0.29) is 6.10 Å². The number of rotatable bonds is 5. The molecule has 0 saturated carbocycles. The van der Waals surface area contributed by atoms with Gasteiger partial charge >= 0.3 is 0 Å². The van der Waals surface area contributed by atoms with E-state index in [1.165, 1.54) is 4.31 Å². The smallest absolute Gasteiger partial charge is 0.243 e. The SMILES string of the molecule is CCN(C[C@H]1CCCO1)S(=O)(=O)c1ccc(C)c(C)c1. The zero-order valence-electron chi connectivity index (χ0n) is 12.4. The highest BCUT2D eigenvalue weighted by Gasteiger charge is 2.27. The van der Waals surface area contributed by atoms with Gasteiger partial charge in [0.15, 0.2) is 0 Å². The molecule has 1 fully saturated rings. The third-order valence-corrected chi connectivity index (χ3v) is 5.84. The Labute approximate surface area is 121 Å². The summed E-state index contributed by atoms with van der Waals surface area (Å²) in [6.07, 6.45) is 2.00. The first-order chi connectivity index (χ1) is 9.45. The van der Waals surface area contributed by atoms with Crippen LogP contribution in [0.1, 0.15) is 30.9 Å². The number of ether oxygens (including phenoxy) is 1. The topological polar surface area (TPSA) is 46.6 Å². The second-order valence-corrected chi connectivity index (χ2v) is 7.27. The van der Waals surface area contributed by atoms with Crippen LogP contribution in [0.4, 0.5) is 0 Å². The minimum absolute atomic E-state index is 0.0382. The highest BCUT2D eigenvalue weighted by molar-refractivity contribution is 7.89. The van der Waals surface area contributed by atoms with E-state index >= 15 is 0 Å². The highest BCUT2D eigenvalue weighted by Crippen LogP contribution is 2.21. The molecule has 1 atom stereocenters. The van der Waals surface area contributed by atoms with Crippen molar-refractivity contribution in [2.75, 3.05) is 19.7 Å². The molecule has 4 nitrogen and oxygen atoms in total. The third-order valence-electron chi connectivity index (χ3n) is 3.90. The Morgan fingerprint density at radius 1 is 1.30 bits per heavy atom. The predicted molar refractivity (Wildman–Crippen MR) is 79.3 cm³/mol. The van der Waals surface area contributed by atoms with Gasteiger partial charge in [-0.1, -0.05) is 13.0 Å². The monoisotopic (exact) mass is 297 g/mol. The van der Waals surface area contributed by atoms with Gasteiger partial charge < -0.3 is 4.74 Å². The zero-order chi connectivity index (χ0) is 14.8. The fourth-order valence-corrected chi connectivity index (χ4v) is 4.00. The van der Waals surface area contributed by atoms with E-state index in [9.17, 15) is 8.42 Å². The molecule has 0 N–H and O–H groups in total. The molecule has 1 aliphatic rings. The van der Waals surface area contributed by atoms with Crippen molar-refractivity contribution in [2.24, 2.45) is 0 Å². The predicted octanol–water partition coefficient (Wildman–Crippen LogP) is 2.49. The van der Waals surface area contributed by atoms with Crippen molar-refractivity contribution in [1.82, 2.24) is 4.31 Å². The first-order valence-electron chi connectivity index (χ1n) is 7.14. The molecule has 0 unspecified atom stereocenters. The Kier molecular flexibility index (Phi) is 4.83. The molecule has 0 spiro atoms. The van der Waals surface area contributed by atoms with E-state index in [1.54, 1.807) is 12.1 Å². The number of hydrogen-bond donors (Lipinski definition) is 0. The van der Waals surface area contributed by atoms with Crippen molar-refractivity contribution in [2.45, 2.75) is 44.6 Å². The molecule has 0 amide bonds. The lowest BCUT2D eigenvalue weighted by atomic mass is 10.1. The van der Waals surface area contributed by atoms with Crippen LogP contribution in [0.25, 0.3) is 0 Å². The van der Waals surface area contributed by atoms with Crippen LogP contribution >= 0.6 is 0 Å². The third kappa shape index (κ3) is 3.22. The van der Waals surface area contributed by atoms with Crippen molar-refractivity contribution in [1.29, 1.82) is 0 Å². The summed E-state index contributed by atoms with van der Waals surface area (Å²) in [5, 5.41) is 0. The lowest BCUT2D eigenvalue weighted by Gasteiger charge is -2.23. The molecule has 1 aromatic rings. The molecule has 112 valence electrons. The maximum absolute atomic E-state index is 12.7. The first-order valence-corrected chi connectivity index (χ1v) is 8.58. The van der Waals surface area contributed by atoms with Crippen molar-refractivity contribution >= 4 is 10.0 Å². The Hall–Kier alpha value is -0.910. The van der Waals surface area contributed by atoms with E-state index in [1.807, 2.05) is 26.8 Å². The standard InChI is InChI=1S/C15H23NO3S/c1-4-16(11-14-6-5-9-19-14)20(17,18)15-8-7-12(2)13(3)10-15/h7-8,10,14H,4-6,9,11H2,1-3H3/t14-/m1/s1. The number of likely N-dealkylation sites (N-methyl/N-ethyl adjacent to an activating group) is 1. The number of aryl methyl sites for hydroxylation is 2. The average molecular weight is 297 g/mol. The van der Waals surface area contributed by atoms with E-state index in [2.05, 4.69) is 0 Å². The highest BCUT2D eigenvalue weighted by atomic mass is 32.2. The van der Waals surface area contributed by atoms with Gasteiger partial charge in [-0.2, -0.15) is 4.31 Å². The molecule has 0 aliphatic carbocycles. The van der Waals surface area contributed by atoms with Gasteiger partial charge in [-0.25, -0.2) is 8.42 Å². The summed E-state index contributed by atoms with van der Waals surface area (Å²) in [4.78, 5) is 0.375. The summed E-state index contributed by atoms with van der Waals surface area (Å²) in [6, 6.07) is 5.31. The summed E-state index contributed by atoms with van der Waals surface area (Å²) >= 11 is 0. The van der Waals surface area contributed by atoms with Gasteiger partial charge in [-0.05, 0) is 49.9 Å². The molecule has 1 saturated heterocycles. The fraction of sp³-hybridized carbons (Fsp3) is 0.600. The second kappa shape index (κ2) is 6.24. The van der Waals surface area contributed by atoms with Gasteiger partial charge in [-0.15, -0.1) is 0 Å². The zero-order valence-corrected chi connectivity index (χ0v) is 13.2. The lowest BCUT2D eigenvalue weighted by Crippen LogP contribution is -2.37. The first kappa shape index (κ1) is 15.5. The Morgan fingerprint density at radius 3 is 2.60 bits per heavy atom. The molecule has 1 aromatic carbocycles. The minimum Gasteiger partial charge on any atom is -0.377 e. The minimum atomic E-state index is -3.42. The Bertz CT molecular complexity index is 562. The Balaban J connectivity index is 2.23. The summed E-state index contributed by atoms with van der Waals surface area (Å²) < 4.78 is 32.4. The number of benzene rings is 1. The van der Waals surface area contributed by atoms with E-state index in [0.717, 1.165) is 30.6 Å². The summed E-state index contributed by atoms with van der Waals surface area (Å²) in [5.41, 5.74) is 2.10. The van der Waals surface area contributed by atoms with Crippen LogP contribution in [0.2, 0.25) is 0 Å². The lowest BCUT2D eigenvalue weighted by molar-refractivity contribution is 0.0947. The van der Waals surface area contributed by atoms with Crippen molar-refractivity contribution in [3.63, 3.8) is 0 Å². The second-order valence-electron chi connectivity index (χ2n) is 5.34. The van der Waals surface area contributed by atoms with Crippen molar-refractivity contribution in [3.8, 4) is 0 Å². The normalized spacial score (nSPS) is 19.7. The van der Waals surface area contributed by atoms with Crippen LogP contribution in [0.15, 0.2) is 23.1 Å². The van der Waals surface area contributed by atoms with Crippen molar-refractivity contribution < 1.29 is 13.2 Å². The molecule has 0 radical (unpaired) electrons. The van der Waals surface area contributed by atoms with Crippen molar-refractivity contribution in [3.05, 3.63) is 29.3 Å². The molecule has 2 rings (SSSR count). The number of sulfonamides is 1. The van der Waals surface area contributed by atoms with Gasteiger partial charge in [-0.3, -0.25) is 0 Å².